The zero-order chi connectivity index (χ0) is 34.2. The zero-order valence-electron chi connectivity index (χ0n) is 26.5. The average molecular weight is 682 g/mol. The second-order valence-corrected chi connectivity index (χ2v) is 13.8. The minimum atomic E-state index is -4.43. The molecular weight excluding hydrogens is 645 g/mol. The van der Waals surface area contributed by atoms with Crippen LogP contribution in [0.1, 0.15) is 47.2 Å². The third-order valence-corrected chi connectivity index (χ3v) is 10.9. The van der Waals surface area contributed by atoms with Crippen LogP contribution in [0.3, 0.4) is 0 Å². The van der Waals surface area contributed by atoms with E-state index in [1.54, 1.807) is 0 Å². The van der Waals surface area contributed by atoms with Gasteiger partial charge in [-0.1, -0.05) is 48.5 Å². The number of likely N-dealkylation sites (tertiary alicyclic amines) is 1. The van der Waals surface area contributed by atoms with Gasteiger partial charge in [0.15, 0.2) is 17.1 Å². The highest BCUT2D eigenvalue weighted by Crippen LogP contribution is 2.43. The lowest BCUT2D eigenvalue weighted by Crippen LogP contribution is -2.57. The average Bonchev–Trinajstić information content (AvgIpc) is 3.56. The van der Waals surface area contributed by atoms with E-state index < -0.39 is 34.8 Å². The van der Waals surface area contributed by atoms with E-state index in [-0.39, 0.29) is 29.1 Å². The molecule has 1 saturated heterocycles. The predicted molar refractivity (Wildman–Crippen MR) is 177 cm³/mol. The molecule has 1 fully saturated rings. The number of hydrogen-bond donors (Lipinski definition) is 1. The molecule has 0 bridgehead atoms. The Labute approximate surface area is 280 Å². The number of carbonyl (C=O) groups is 1. The first kappa shape index (κ1) is 33.9. The molecule has 2 heterocycles. The summed E-state index contributed by atoms with van der Waals surface area (Å²) in [5.41, 5.74) is 7.98. The Morgan fingerprint density at radius 1 is 0.938 bits per heavy atom. The maximum Gasteiger partial charge on any atom is 0.416 e. The largest absolute Gasteiger partial charge is 0.416 e. The van der Waals surface area contributed by atoms with Gasteiger partial charge in [-0.2, -0.15) is 13.2 Å². The number of benzene rings is 3. The number of fused-ring (bicyclic) bond motifs is 1. The molecule has 3 aromatic carbocycles. The minimum Gasteiger partial charge on any atom is -0.368 e. The van der Waals surface area contributed by atoms with Crippen LogP contribution in [0.4, 0.5) is 22.0 Å². The number of rotatable bonds is 9. The highest BCUT2D eigenvalue weighted by Gasteiger charge is 2.49. The van der Waals surface area contributed by atoms with Gasteiger partial charge in [-0.15, -0.1) is 11.8 Å². The fraction of sp³-hybridized carbons (Fsp3) is 0.351. The number of aromatic nitrogens is 1. The fourth-order valence-corrected chi connectivity index (χ4v) is 8.38. The van der Waals surface area contributed by atoms with E-state index in [9.17, 15) is 31.5 Å². The van der Waals surface area contributed by atoms with E-state index in [0.717, 1.165) is 49.0 Å². The second kappa shape index (κ2) is 13.5. The van der Waals surface area contributed by atoms with Crippen molar-refractivity contribution in [2.24, 2.45) is 11.7 Å². The monoisotopic (exact) mass is 681 g/mol. The lowest BCUT2D eigenvalue weighted by atomic mass is 9.72. The molecule has 5 nitrogen and oxygen atoms in total. The number of carbonyl (C=O) groups excluding carboxylic acids is 1. The molecule has 1 unspecified atom stereocenters. The van der Waals surface area contributed by atoms with E-state index in [2.05, 4.69) is 4.90 Å². The van der Waals surface area contributed by atoms with Crippen LogP contribution in [0.15, 0.2) is 82.6 Å². The molecule has 0 saturated carbocycles. The van der Waals surface area contributed by atoms with Crippen molar-refractivity contribution in [2.75, 3.05) is 20.1 Å². The van der Waals surface area contributed by atoms with Crippen LogP contribution in [0, 0.1) is 17.6 Å². The molecular formula is C37H36F5N3O2S. The zero-order valence-corrected chi connectivity index (χ0v) is 27.3. The summed E-state index contributed by atoms with van der Waals surface area (Å²) in [5.74, 6) is -2.62. The molecule has 1 amide bonds. The number of piperidine rings is 1. The molecule has 0 radical (unpaired) electrons. The normalized spacial score (nSPS) is 16.9. The highest BCUT2D eigenvalue weighted by molar-refractivity contribution is 7.98. The number of halogens is 5. The topological polar surface area (TPSA) is 68.3 Å². The molecule has 1 aliphatic heterocycles. The summed E-state index contributed by atoms with van der Waals surface area (Å²) < 4.78 is 70.1. The standard InChI is InChI=1S/C37H36F5N3O2S/c1-44-18-16-27(17-19-44)36(35(43)47,21-23-8-10-24(11-9-23)25-12-14-28(15-13-25)37(40,41)42)45-31-7-3-5-29(31)32(46)20-33(45)48-22-26-4-2-6-30(38)34(26)39/h2,4,6,8-15,20,27H,3,5,7,16-19,21-22H2,1H3,(H2,43,47). The molecule has 0 spiro atoms. The van der Waals surface area contributed by atoms with Crippen LogP contribution in [-0.4, -0.2) is 35.5 Å². The third-order valence-electron chi connectivity index (χ3n) is 9.83. The van der Waals surface area contributed by atoms with Crippen molar-refractivity contribution in [3.05, 3.63) is 123 Å². The van der Waals surface area contributed by atoms with Crippen LogP contribution in [0.25, 0.3) is 11.1 Å². The molecule has 1 aromatic heterocycles. The fourth-order valence-electron chi connectivity index (χ4n) is 7.26. The lowest BCUT2D eigenvalue weighted by Gasteiger charge is -2.46. The van der Waals surface area contributed by atoms with Gasteiger partial charge in [-0.25, -0.2) is 8.78 Å². The molecule has 6 rings (SSSR count). The van der Waals surface area contributed by atoms with E-state index in [1.807, 2.05) is 35.9 Å². The van der Waals surface area contributed by atoms with Gasteiger partial charge in [0, 0.05) is 35.1 Å². The summed E-state index contributed by atoms with van der Waals surface area (Å²) in [4.78, 5) is 29.7. The maximum absolute atomic E-state index is 14.7. The quantitative estimate of drug-likeness (QED) is 0.148. The van der Waals surface area contributed by atoms with Gasteiger partial charge in [0.05, 0.1) is 10.6 Å². The van der Waals surface area contributed by atoms with Crippen LogP contribution in [0.2, 0.25) is 0 Å². The van der Waals surface area contributed by atoms with Crippen molar-refractivity contribution in [3.63, 3.8) is 0 Å². The summed E-state index contributed by atoms with van der Waals surface area (Å²) in [7, 11) is 2.02. The first-order chi connectivity index (χ1) is 22.9. The summed E-state index contributed by atoms with van der Waals surface area (Å²) in [5, 5.41) is 0.475. The van der Waals surface area contributed by atoms with Crippen LogP contribution in [0.5, 0.6) is 0 Å². The maximum atomic E-state index is 14.7. The number of alkyl halides is 3. The Kier molecular flexibility index (Phi) is 9.55. The van der Waals surface area contributed by atoms with Crippen molar-refractivity contribution < 1.29 is 26.7 Å². The van der Waals surface area contributed by atoms with Gasteiger partial charge in [0.1, 0.15) is 5.54 Å². The number of amides is 1. The van der Waals surface area contributed by atoms with E-state index in [1.165, 1.54) is 42.1 Å². The molecule has 1 atom stereocenters. The van der Waals surface area contributed by atoms with E-state index in [0.29, 0.717) is 47.4 Å². The Morgan fingerprint density at radius 3 is 2.21 bits per heavy atom. The Hall–Kier alpha value is -3.96. The van der Waals surface area contributed by atoms with Gasteiger partial charge in [-0.05, 0) is 93.0 Å². The summed E-state index contributed by atoms with van der Waals surface area (Å²) in [6.07, 6.45) is -0.996. The third kappa shape index (κ3) is 6.54. The number of primary amides is 1. The number of nitrogens with zero attached hydrogens (tertiary/aromatic N) is 2. The molecule has 2 N–H and O–H groups in total. The van der Waals surface area contributed by atoms with Gasteiger partial charge >= 0.3 is 6.18 Å². The lowest BCUT2D eigenvalue weighted by molar-refractivity contribution is -0.137. The van der Waals surface area contributed by atoms with E-state index in [4.69, 9.17) is 5.73 Å². The molecule has 48 heavy (non-hydrogen) atoms. The van der Waals surface area contributed by atoms with E-state index >= 15 is 0 Å². The Morgan fingerprint density at radius 2 is 1.58 bits per heavy atom. The van der Waals surface area contributed by atoms with Crippen molar-refractivity contribution in [3.8, 4) is 11.1 Å². The molecule has 4 aromatic rings. The summed E-state index contributed by atoms with van der Waals surface area (Å²) in [6, 6.07) is 17.8. The summed E-state index contributed by atoms with van der Waals surface area (Å²) in [6.45, 7) is 1.48. The minimum absolute atomic E-state index is 0.0336. The highest BCUT2D eigenvalue weighted by atomic mass is 32.2. The molecule has 11 heteroatoms. The Bertz CT molecular complexity index is 1870. The molecule has 2 aliphatic rings. The van der Waals surface area contributed by atoms with Crippen molar-refractivity contribution >= 4 is 17.7 Å². The number of thioether (sulfide) groups is 1. The van der Waals surface area contributed by atoms with Gasteiger partial charge in [0.25, 0.3) is 0 Å². The van der Waals surface area contributed by atoms with Crippen molar-refractivity contribution in [2.45, 2.75) is 61.0 Å². The second-order valence-electron chi connectivity index (χ2n) is 12.8. The van der Waals surface area contributed by atoms with Gasteiger partial charge < -0.3 is 15.2 Å². The Balaban J connectivity index is 1.45. The van der Waals surface area contributed by atoms with Crippen LogP contribution < -0.4 is 11.2 Å². The van der Waals surface area contributed by atoms with Crippen molar-refractivity contribution in [1.82, 2.24) is 9.47 Å². The van der Waals surface area contributed by atoms with Crippen molar-refractivity contribution in [1.29, 1.82) is 0 Å². The predicted octanol–water partition coefficient (Wildman–Crippen LogP) is 7.36. The number of hydrogen-bond acceptors (Lipinski definition) is 4. The number of nitrogens with two attached hydrogens (primary N) is 1. The smallest absolute Gasteiger partial charge is 0.368 e. The van der Waals surface area contributed by atoms with Crippen LogP contribution >= 0.6 is 11.8 Å². The number of pyridine rings is 1. The van der Waals surface area contributed by atoms with Crippen LogP contribution in [-0.2, 0) is 41.5 Å². The molecule has 1 aliphatic carbocycles. The van der Waals surface area contributed by atoms with Gasteiger partial charge in [-0.3, -0.25) is 9.59 Å². The molecule has 252 valence electrons. The first-order valence-corrected chi connectivity index (χ1v) is 17.0. The summed E-state index contributed by atoms with van der Waals surface area (Å²) >= 11 is 1.18. The van der Waals surface area contributed by atoms with Gasteiger partial charge in [0.2, 0.25) is 5.91 Å². The SMILES string of the molecule is CN1CCC(C(Cc2ccc(-c3ccc(C(F)(F)F)cc3)cc2)(C(N)=O)n2c(SCc3cccc(F)c3F)cc(=O)c3c2CCC3)CC1. The first-order valence-electron chi connectivity index (χ1n) is 16.0.